The lowest BCUT2D eigenvalue weighted by Crippen LogP contribution is -2.37. The maximum atomic E-state index is 12.8. The van der Waals surface area contributed by atoms with E-state index in [2.05, 4.69) is 4.98 Å². The number of aromatic nitrogens is 1. The summed E-state index contributed by atoms with van der Waals surface area (Å²) in [5.74, 6) is -0.910. The minimum atomic E-state index is -0.584. The Kier molecular flexibility index (Phi) is 8.41. The van der Waals surface area contributed by atoms with E-state index in [1.54, 1.807) is 47.7 Å². The number of amides is 2. The van der Waals surface area contributed by atoms with Crippen LogP contribution in [-0.4, -0.2) is 35.9 Å². The van der Waals surface area contributed by atoms with Crippen molar-refractivity contribution in [2.24, 2.45) is 5.73 Å². The standard InChI is InChI=1S/C23H23N3O4S2/c1-16-25-17(14-31-16)15-32-20-10-6-5-9-19(20)23(29)30-13-22(28)26(12-11-21(24)27)18-7-3-2-4-8-18/h2-10,14H,11-13,15H2,1H3,(H2,24,27). The second-order valence-corrected chi connectivity index (χ2v) is 8.90. The zero-order valence-corrected chi connectivity index (χ0v) is 19.2. The molecule has 1 heterocycles. The molecule has 32 heavy (non-hydrogen) atoms. The molecule has 3 rings (SSSR count). The third-order valence-corrected chi connectivity index (χ3v) is 6.36. The van der Waals surface area contributed by atoms with Gasteiger partial charge in [0, 0.05) is 34.7 Å². The maximum absolute atomic E-state index is 12.8. The van der Waals surface area contributed by atoms with Crippen molar-refractivity contribution in [2.45, 2.75) is 24.0 Å². The molecule has 166 valence electrons. The van der Waals surface area contributed by atoms with Gasteiger partial charge in [-0.2, -0.15) is 0 Å². The lowest BCUT2D eigenvalue weighted by molar-refractivity contribution is -0.121. The van der Waals surface area contributed by atoms with Gasteiger partial charge >= 0.3 is 5.97 Å². The first-order chi connectivity index (χ1) is 15.4. The first kappa shape index (κ1) is 23.5. The van der Waals surface area contributed by atoms with Crippen molar-refractivity contribution in [2.75, 3.05) is 18.1 Å². The first-order valence-electron chi connectivity index (χ1n) is 9.87. The van der Waals surface area contributed by atoms with Crippen LogP contribution in [0.2, 0.25) is 0 Å². The van der Waals surface area contributed by atoms with E-state index >= 15 is 0 Å². The van der Waals surface area contributed by atoms with Crippen molar-refractivity contribution in [1.29, 1.82) is 0 Å². The summed E-state index contributed by atoms with van der Waals surface area (Å²) < 4.78 is 5.32. The molecule has 0 aliphatic carbocycles. The first-order valence-corrected chi connectivity index (χ1v) is 11.7. The molecular formula is C23H23N3O4S2. The number of esters is 1. The third kappa shape index (κ3) is 6.66. The quantitative estimate of drug-likeness (QED) is 0.358. The van der Waals surface area contributed by atoms with Crippen LogP contribution in [0.1, 0.15) is 27.5 Å². The molecule has 0 saturated heterocycles. The van der Waals surface area contributed by atoms with Crippen molar-refractivity contribution < 1.29 is 19.1 Å². The van der Waals surface area contributed by atoms with Crippen molar-refractivity contribution >= 4 is 46.6 Å². The van der Waals surface area contributed by atoms with Crippen LogP contribution in [-0.2, 0) is 20.1 Å². The molecule has 0 unspecified atom stereocenters. The fourth-order valence-corrected chi connectivity index (χ4v) is 4.55. The van der Waals surface area contributed by atoms with E-state index in [1.165, 1.54) is 16.7 Å². The maximum Gasteiger partial charge on any atom is 0.339 e. The second-order valence-electron chi connectivity index (χ2n) is 6.82. The smallest absolute Gasteiger partial charge is 0.339 e. The average Bonchev–Trinajstić information content (AvgIpc) is 3.22. The average molecular weight is 470 g/mol. The van der Waals surface area contributed by atoms with Gasteiger partial charge in [-0.25, -0.2) is 9.78 Å². The summed E-state index contributed by atoms with van der Waals surface area (Å²) in [7, 11) is 0. The Labute approximate surface area is 194 Å². The predicted octanol–water partition coefficient (Wildman–Crippen LogP) is 3.81. The van der Waals surface area contributed by atoms with Crippen LogP contribution in [0.4, 0.5) is 5.69 Å². The number of rotatable bonds is 10. The molecule has 0 saturated carbocycles. The van der Waals surface area contributed by atoms with Gasteiger partial charge in [-0.3, -0.25) is 9.59 Å². The fourth-order valence-electron chi connectivity index (χ4n) is 2.90. The molecular weight excluding hydrogens is 446 g/mol. The van der Waals surface area contributed by atoms with Gasteiger partial charge in [0.05, 0.1) is 16.3 Å². The fraction of sp³-hybridized carbons (Fsp3) is 0.217. The number of nitrogens with zero attached hydrogens (tertiary/aromatic N) is 2. The van der Waals surface area contributed by atoms with E-state index < -0.39 is 24.4 Å². The summed E-state index contributed by atoms with van der Waals surface area (Å²) in [6.45, 7) is 1.61. The number of primary amides is 1. The van der Waals surface area contributed by atoms with Gasteiger partial charge in [0.15, 0.2) is 6.61 Å². The van der Waals surface area contributed by atoms with Crippen molar-refractivity contribution in [3.05, 3.63) is 76.2 Å². The number of thioether (sulfide) groups is 1. The third-order valence-electron chi connectivity index (χ3n) is 4.43. The number of para-hydroxylation sites is 1. The lowest BCUT2D eigenvalue weighted by Gasteiger charge is -2.22. The number of carbonyl (C=O) groups excluding carboxylic acids is 3. The molecule has 2 aromatic carbocycles. The Morgan fingerprint density at radius 1 is 1.09 bits per heavy atom. The van der Waals surface area contributed by atoms with Crippen LogP contribution in [0.15, 0.2) is 64.9 Å². The molecule has 0 aliphatic heterocycles. The number of benzene rings is 2. The van der Waals surface area contributed by atoms with E-state index in [9.17, 15) is 14.4 Å². The lowest BCUT2D eigenvalue weighted by atomic mass is 10.2. The Morgan fingerprint density at radius 3 is 2.50 bits per heavy atom. The SMILES string of the molecule is Cc1nc(CSc2ccccc2C(=O)OCC(=O)N(CCC(N)=O)c2ccccc2)cs1. The summed E-state index contributed by atoms with van der Waals surface area (Å²) >= 11 is 3.07. The predicted molar refractivity (Wildman–Crippen MR) is 126 cm³/mol. The highest BCUT2D eigenvalue weighted by Gasteiger charge is 2.20. The van der Waals surface area contributed by atoms with Gasteiger partial charge in [0.25, 0.3) is 5.91 Å². The number of hydrogen-bond donors (Lipinski definition) is 1. The molecule has 0 fully saturated rings. The highest BCUT2D eigenvalue weighted by atomic mass is 32.2. The molecule has 0 bridgehead atoms. The molecule has 0 atom stereocenters. The highest BCUT2D eigenvalue weighted by molar-refractivity contribution is 7.98. The topological polar surface area (TPSA) is 103 Å². The second kappa shape index (κ2) is 11.4. The molecule has 2 amide bonds. The number of aryl methyl sites for hydroxylation is 1. The Hall–Kier alpha value is -3.17. The summed E-state index contributed by atoms with van der Waals surface area (Å²) in [4.78, 5) is 43.3. The number of hydrogen-bond acceptors (Lipinski definition) is 7. The number of thiazole rings is 1. The van der Waals surface area contributed by atoms with Crippen LogP contribution in [0.25, 0.3) is 0 Å². The van der Waals surface area contributed by atoms with Crippen molar-refractivity contribution in [3.63, 3.8) is 0 Å². The summed E-state index contributed by atoms with van der Waals surface area (Å²) in [6.07, 6.45) is 0.00411. The number of ether oxygens (including phenoxy) is 1. The van der Waals surface area contributed by atoms with Crippen LogP contribution in [0, 0.1) is 6.92 Å². The molecule has 0 radical (unpaired) electrons. The number of carbonyl (C=O) groups is 3. The number of anilines is 1. The van der Waals surface area contributed by atoms with Crippen LogP contribution in [0.5, 0.6) is 0 Å². The summed E-state index contributed by atoms with van der Waals surface area (Å²) in [5, 5.41) is 2.98. The molecule has 0 aliphatic rings. The van der Waals surface area contributed by atoms with Gasteiger partial charge < -0.3 is 15.4 Å². The van der Waals surface area contributed by atoms with Crippen LogP contribution < -0.4 is 10.6 Å². The van der Waals surface area contributed by atoms with E-state index in [0.29, 0.717) is 17.0 Å². The van der Waals surface area contributed by atoms with Crippen molar-refractivity contribution in [3.8, 4) is 0 Å². The van der Waals surface area contributed by atoms with Crippen LogP contribution >= 0.6 is 23.1 Å². The largest absolute Gasteiger partial charge is 0.452 e. The Bertz CT molecular complexity index is 1090. The Balaban J connectivity index is 1.64. The molecule has 1 aromatic heterocycles. The highest BCUT2D eigenvalue weighted by Crippen LogP contribution is 2.27. The normalized spacial score (nSPS) is 10.5. The van der Waals surface area contributed by atoms with E-state index in [1.807, 2.05) is 30.5 Å². The van der Waals surface area contributed by atoms with Gasteiger partial charge in [-0.05, 0) is 31.2 Å². The van der Waals surface area contributed by atoms with E-state index in [4.69, 9.17) is 10.5 Å². The number of nitrogens with two attached hydrogens (primary N) is 1. The summed E-state index contributed by atoms with van der Waals surface area (Å²) in [5.41, 5.74) is 7.18. The van der Waals surface area contributed by atoms with Crippen LogP contribution in [0.3, 0.4) is 0 Å². The molecule has 0 spiro atoms. The molecule has 2 N–H and O–H groups in total. The van der Waals surface area contributed by atoms with Crippen molar-refractivity contribution in [1.82, 2.24) is 4.98 Å². The van der Waals surface area contributed by atoms with Gasteiger partial charge in [-0.15, -0.1) is 23.1 Å². The Morgan fingerprint density at radius 2 is 1.81 bits per heavy atom. The molecule has 3 aromatic rings. The molecule has 9 heteroatoms. The zero-order valence-electron chi connectivity index (χ0n) is 17.5. The zero-order chi connectivity index (χ0) is 22.9. The van der Waals surface area contributed by atoms with E-state index in [-0.39, 0.29) is 13.0 Å². The van der Waals surface area contributed by atoms with Gasteiger partial charge in [0.1, 0.15) is 0 Å². The van der Waals surface area contributed by atoms with Gasteiger partial charge in [0.2, 0.25) is 5.91 Å². The minimum absolute atomic E-state index is 0.00411. The summed E-state index contributed by atoms with van der Waals surface area (Å²) in [6, 6.07) is 16.0. The minimum Gasteiger partial charge on any atom is -0.452 e. The monoisotopic (exact) mass is 469 g/mol. The van der Waals surface area contributed by atoms with E-state index in [0.717, 1.165) is 15.6 Å². The molecule has 7 nitrogen and oxygen atoms in total. The van der Waals surface area contributed by atoms with Gasteiger partial charge in [-0.1, -0.05) is 30.3 Å².